The lowest BCUT2D eigenvalue weighted by atomic mass is 10.3. The van der Waals surface area contributed by atoms with Crippen LogP contribution in [0.1, 0.15) is 6.92 Å². The number of carbonyl (C=O) groups is 1. The normalized spacial score (nSPS) is 9.73. The first-order valence-electron chi connectivity index (χ1n) is 4.51. The van der Waals surface area contributed by atoms with Gasteiger partial charge in [0.25, 0.3) is 0 Å². The molecule has 0 fully saturated rings. The molecule has 0 aliphatic heterocycles. The second kappa shape index (κ2) is 5.46. The Morgan fingerprint density at radius 2 is 2.33 bits per heavy atom. The van der Waals surface area contributed by atoms with Crippen molar-refractivity contribution in [2.75, 3.05) is 18.5 Å². The highest BCUT2D eigenvalue weighted by Gasteiger charge is 2.04. The number of aromatic hydroxyl groups is 1. The van der Waals surface area contributed by atoms with Crippen LogP contribution in [0.5, 0.6) is 5.75 Å². The molecule has 15 heavy (non-hydrogen) atoms. The van der Waals surface area contributed by atoms with Crippen molar-refractivity contribution in [1.82, 2.24) is 0 Å². The fraction of sp³-hybridized carbons (Fsp3) is 0.300. The van der Waals surface area contributed by atoms with Crippen LogP contribution in [0.4, 0.5) is 5.69 Å². The Kier molecular flexibility index (Phi) is 4.24. The first kappa shape index (κ1) is 11.7. The maximum absolute atomic E-state index is 11.0. The summed E-state index contributed by atoms with van der Waals surface area (Å²) in [5.74, 6) is -0.362. The summed E-state index contributed by atoms with van der Waals surface area (Å²) in [5, 5.41) is 12.6. The third-order valence-electron chi connectivity index (χ3n) is 1.69. The standard InChI is InChI=1S/C10H12ClNO3/c1-2-15-10(14)6-12-8-4-3-7(11)5-9(8)13/h3-5,12-13H,2,6H2,1H3. The fourth-order valence-corrected chi connectivity index (χ4v) is 1.20. The number of hydrogen-bond donors (Lipinski definition) is 2. The topological polar surface area (TPSA) is 58.6 Å². The lowest BCUT2D eigenvalue weighted by molar-refractivity contribution is -0.140. The quantitative estimate of drug-likeness (QED) is 0.613. The molecule has 0 unspecified atom stereocenters. The SMILES string of the molecule is CCOC(=O)CNc1ccc(Cl)cc1O. The summed E-state index contributed by atoms with van der Waals surface area (Å²) in [7, 11) is 0. The summed E-state index contributed by atoms with van der Waals surface area (Å²) >= 11 is 5.65. The zero-order valence-corrected chi connectivity index (χ0v) is 9.04. The van der Waals surface area contributed by atoms with E-state index in [1.165, 1.54) is 6.07 Å². The molecule has 4 nitrogen and oxygen atoms in total. The van der Waals surface area contributed by atoms with E-state index in [-0.39, 0.29) is 18.3 Å². The monoisotopic (exact) mass is 229 g/mol. The van der Waals surface area contributed by atoms with Gasteiger partial charge in [0.15, 0.2) is 0 Å². The van der Waals surface area contributed by atoms with Gasteiger partial charge in [-0.05, 0) is 19.1 Å². The van der Waals surface area contributed by atoms with E-state index in [1.807, 2.05) is 0 Å². The summed E-state index contributed by atoms with van der Waals surface area (Å²) in [4.78, 5) is 11.0. The highest BCUT2D eigenvalue weighted by molar-refractivity contribution is 6.30. The van der Waals surface area contributed by atoms with Gasteiger partial charge >= 0.3 is 5.97 Å². The molecular formula is C10H12ClNO3. The average Bonchev–Trinajstić information content (AvgIpc) is 2.17. The smallest absolute Gasteiger partial charge is 0.325 e. The number of ether oxygens (including phenoxy) is 1. The number of rotatable bonds is 4. The summed E-state index contributed by atoms with van der Waals surface area (Å²) in [6.07, 6.45) is 0. The molecule has 0 aliphatic rings. The lowest BCUT2D eigenvalue weighted by Crippen LogP contribution is -2.16. The summed E-state index contributed by atoms with van der Waals surface area (Å²) in [6.45, 7) is 2.09. The predicted octanol–water partition coefficient (Wildman–Crippen LogP) is 2.02. The Balaban J connectivity index is 2.54. The Morgan fingerprint density at radius 1 is 1.60 bits per heavy atom. The Hall–Kier alpha value is -1.42. The van der Waals surface area contributed by atoms with Crippen LogP contribution in [0, 0.1) is 0 Å². The minimum atomic E-state index is -0.369. The van der Waals surface area contributed by atoms with Crippen LogP contribution in [0.3, 0.4) is 0 Å². The van der Waals surface area contributed by atoms with E-state index in [9.17, 15) is 9.90 Å². The minimum absolute atomic E-state index is 0.00629. The molecule has 0 bridgehead atoms. The van der Waals surface area contributed by atoms with Crippen LogP contribution in [-0.2, 0) is 9.53 Å². The molecule has 82 valence electrons. The van der Waals surface area contributed by atoms with E-state index in [4.69, 9.17) is 16.3 Å². The molecule has 0 aliphatic carbocycles. The largest absolute Gasteiger partial charge is 0.506 e. The van der Waals surface area contributed by atoms with Gasteiger partial charge < -0.3 is 15.2 Å². The van der Waals surface area contributed by atoms with Gasteiger partial charge in [0, 0.05) is 11.1 Å². The molecule has 0 heterocycles. The van der Waals surface area contributed by atoms with E-state index < -0.39 is 0 Å². The van der Waals surface area contributed by atoms with Crippen molar-refractivity contribution in [2.45, 2.75) is 6.92 Å². The van der Waals surface area contributed by atoms with Gasteiger partial charge in [-0.2, -0.15) is 0 Å². The Morgan fingerprint density at radius 3 is 2.93 bits per heavy atom. The van der Waals surface area contributed by atoms with Crippen LogP contribution in [0.2, 0.25) is 5.02 Å². The number of phenols is 1. The molecule has 0 spiro atoms. The molecular weight excluding hydrogens is 218 g/mol. The second-order valence-electron chi connectivity index (χ2n) is 2.82. The molecule has 1 rings (SSSR count). The summed E-state index contributed by atoms with van der Waals surface area (Å²) in [5.41, 5.74) is 0.451. The van der Waals surface area contributed by atoms with Crippen molar-refractivity contribution in [2.24, 2.45) is 0 Å². The predicted molar refractivity (Wildman–Crippen MR) is 58.2 cm³/mol. The number of phenolic OH excluding ortho intramolecular Hbond substituents is 1. The van der Waals surface area contributed by atoms with E-state index >= 15 is 0 Å². The van der Waals surface area contributed by atoms with Crippen molar-refractivity contribution < 1.29 is 14.6 Å². The fourth-order valence-electron chi connectivity index (χ4n) is 1.03. The third-order valence-corrected chi connectivity index (χ3v) is 1.92. The molecule has 1 aromatic rings. The van der Waals surface area contributed by atoms with E-state index in [1.54, 1.807) is 19.1 Å². The van der Waals surface area contributed by atoms with Crippen molar-refractivity contribution in [1.29, 1.82) is 0 Å². The first-order chi connectivity index (χ1) is 7.13. The lowest BCUT2D eigenvalue weighted by Gasteiger charge is -2.07. The molecule has 0 saturated carbocycles. The maximum Gasteiger partial charge on any atom is 0.325 e. The van der Waals surface area contributed by atoms with Gasteiger partial charge in [-0.15, -0.1) is 0 Å². The van der Waals surface area contributed by atoms with Gasteiger partial charge in [0.1, 0.15) is 12.3 Å². The Bertz CT molecular complexity index is 355. The number of nitrogens with one attached hydrogen (secondary N) is 1. The van der Waals surface area contributed by atoms with Crippen LogP contribution in [0.15, 0.2) is 18.2 Å². The van der Waals surface area contributed by atoms with E-state index in [0.29, 0.717) is 17.3 Å². The number of anilines is 1. The average molecular weight is 230 g/mol. The van der Waals surface area contributed by atoms with Crippen LogP contribution in [0.25, 0.3) is 0 Å². The molecule has 0 aromatic heterocycles. The number of halogens is 1. The van der Waals surface area contributed by atoms with Crippen LogP contribution in [-0.4, -0.2) is 24.2 Å². The molecule has 2 N–H and O–H groups in total. The summed E-state index contributed by atoms with van der Waals surface area (Å²) < 4.78 is 4.72. The molecule has 1 aromatic carbocycles. The highest BCUT2D eigenvalue weighted by Crippen LogP contribution is 2.26. The van der Waals surface area contributed by atoms with Gasteiger partial charge in [0.05, 0.1) is 12.3 Å². The third kappa shape index (κ3) is 3.67. The molecule has 0 saturated heterocycles. The molecule has 0 amide bonds. The second-order valence-corrected chi connectivity index (χ2v) is 3.26. The number of hydrogen-bond acceptors (Lipinski definition) is 4. The number of carbonyl (C=O) groups excluding carboxylic acids is 1. The zero-order valence-electron chi connectivity index (χ0n) is 8.29. The summed E-state index contributed by atoms with van der Waals surface area (Å²) in [6, 6.07) is 4.61. The van der Waals surface area contributed by atoms with Gasteiger partial charge in [-0.25, -0.2) is 0 Å². The van der Waals surface area contributed by atoms with Gasteiger partial charge in [-0.3, -0.25) is 4.79 Å². The Labute approximate surface area is 92.8 Å². The van der Waals surface area contributed by atoms with Crippen LogP contribution >= 0.6 is 11.6 Å². The molecule has 0 radical (unpaired) electrons. The van der Waals surface area contributed by atoms with Gasteiger partial charge in [-0.1, -0.05) is 11.6 Å². The van der Waals surface area contributed by atoms with Crippen LogP contribution < -0.4 is 5.32 Å². The van der Waals surface area contributed by atoms with Crippen molar-refractivity contribution in [3.63, 3.8) is 0 Å². The van der Waals surface area contributed by atoms with E-state index in [0.717, 1.165) is 0 Å². The van der Waals surface area contributed by atoms with Crippen molar-refractivity contribution in [3.8, 4) is 5.75 Å². The number of esters is 1. The zero-order chi connectivity index (χ0) is 11.3. The molecule has 0 atom stereocenters. The molecule has 5 heteroatoms. The van der Waals surface area contributed by atoms with Crippen molar-refractivity contribution in [3.05, 3.63) is 23.2 Å². The minimum Gasteiger partial charge on any atom is -0.506 e. The van der Waals surface area contributed by atoms with Crippen molar-refractivity contribution >= 4 is 23.3 Å². The highest BCUT2D eigenvalue weighted by atomic mass is 35.5. The van der Waals surface area contributed by atoms with Gasteiger partial charge in [0.2, 0.25) is 0 Å². The number of benzene rings is 1. The maximum atomic E-state index is 11.0. The van der Waals surface area contributed by atoms with E-state index in [2.05, 4.69) is 5.32 Å². The first-order valence-corrected chi connectivity index (χ1v) is 4.89.